The van der Waals surface area contributed by atoms with E-state index in [1.54, 1.807) is 0 Å². The van der Waals surface area contributed by atoms with E-state index in [9.17, 15) is 0 Å². The Bertz CT molecular complexity index is 603. The molecule has 2 nitrogen and oxygen atoms in total. The van der Waals surface area contributed by atoms with Gasteiger partial charge >= 0.3 is 0 Å². The minimum absolute atomic E-state index is 0.540. The van der Waals surface area contributed by atoms with Crippen LogP contribution in [0.25, 0.3) is 0 Å². The Kier molecular flexibility index (Phi) is 2.34. The highest BCUT2D eigenvalue weighted by atomic mass is 16.5. The molecule has 1 saturated carbocycles. The second-order valence-corrected chi connectivity index (χ2v) is 7.10. The molecule has 110 valence electrons. The fourth-order valence-corrected chi connectivity index (χ4v) is 5.57. The van der Waals surface area contributed by atoms with Crippen molar-refractivity contribution in [2.75, 3.05) is 14.2 Å². The zero-order chi connectivity index (χ0) is 14.1. The molecule has 0 spiro atoms. The first-order chi connectivity index (χ1) is 10.3. The lowest BCUT2D eigenvalue weighted by molar-refractivity contribution is 0.368. The monoisotopic (exact) mass is 282 g/mol. The van der Waals surface area contributed by atoms with Crippen LogP contribution >= 0.6 is 0 Å². The average Bonchev–Trinajstić information content (AvgIpc) is 3.15. The highest BCUT2D eigenvalue weighted by Crippen LogP contribution is 2.64. The van der Waals surface area contributed by atoms with E-state index in [4.69, 9.17) is 9.47 Å². The molecule has 0 amide bonds. The molecule has 0 unspecified atom stereocenters. The maximum absolute atomic E-state index is 5.97. The summed E-state index contributed by atoms with van der Waals surface area (Å²) in [6.45, 7) is 0. The molecule has 0 saturated heterocycles. The van der Waals surface area contributed by atoms with Crippen LogP contribution in [0.5, 0.6) is 11.5 Å². The van der Waals surface area contributed by atoms with Gasteiger partial charge in [-0.05, 0) is 43.9 Å². The van der Waals surface area contributed by atoms with Gasteiger partial charge in [0.2, 0.25) is 0 Å². The maximum Gasteiger partial charge on any atom is 0.126 e. The lowest BCUT2D eigenvalue weighted by atomic mass is 9.68. The van der Waals surface area contributed by atoms with E-state index >= 15 is 0 Å². The molecule has 2 heteroatoms. The van der Waals surface area contributed by atoms with Gasteiger partial charge in [-0.15, -0.1) is 0 Å². The summed E-state index contributed by atoms with van der Waals surface area (Å²) >= 11 is 0. The second kappa shape index (κ2) is 4.06. The lowest BCUT2D eigenvalue weighted by Gasteiger charge is -2.38. The molecule has 4 bridgehead atoms. The van der Waals surface area contributed by atoms with Gasteiger partial charge in [-0.1, -0.05) is 12.2 Å². The number of hydrogen-bond donors (Lipinski definition) is 0. The molecular weight excluding hydrogens is 260 g/mol. The van der Waals surface area contributed by atoms with Crippen LogP contribution in [0.15, 0.2) is 12.2 Å². The van der Waals surface area contributed by atoms with Gasteiger partial charge in [0, 0.05) is 34.1 Å². The largest absolute Gasteiger partial charge is 0.496 e. The Balaban J connectivity index is 1.88. The van der Waals surface area contributed by atoms with Crippen molar-refractivity contribution in [3.05, 3.63) is 34.4 Å². The predicted molar refractivity (Wildman–Crippen MR) is 82.7 cm³/mol. The quantitative estimate of drug-likeness (QED) is 0.738. The van der Waals surface area contributed by atoms with Crippen LogP contribution in [0.1, 0.15) is 78.0 Å². The summed E-state index contributed by atoms with van der Waals surface area (Å²) in [5.41, 5.74) is 5.93. The topological polar surface area (TPSA) is 18.5 Å². The zero-order valence-corrected chi connectivity index (χ0v) is 12.8. The summed E-state index contributed by atoms with van der Waals surface area (Å²) in [7, 11) is 3.72. The Labute approximate surface area is 126 Å². The standard InChI is InChI=1S/C19H22O2/c1-20-18-14-10-3-5-11(6-4-10)15(14)19(21-2)17-13-8-7-12(9-13)16(17)18/h3,5,10-13H,4,6-9H2,1-2H3/t10-,11+,12+,13-. The fourth-order valence-electron chi connectivity index (χ4n) is 5.57. The van der Waals surface area contributed by atoms with Crippen LogP contribution in [0.3, 0.4) is 0 Å². The highest BCUT2D eigenvalue weighted by Gasteiger charge is 2.46. The van der Waals surface area contributed by atoms with Gasteiger partial charge in [0.05, 0.1) is 14.2 Å². The lowest BCUT2D eigenvalue weighted by Crippen LogP contribution is -2.21. The SMILES string of the molecule is COc1c2c(c(OC)c3c1[C@@H]1C=C[C@H]3CC1)[C@@H]1CC[C@H]2C1. The molecule has 0 N–H and O–H groups in total. The normalized spacial score (nSPS) is 34.0. The number of ether oxygens (including phenoxy) is 2. The van der Waals surface area contributed by atoms with Crippen molar-refractivity contribution in [2.24, 2.45) is 0 Å². The molecule has 6 rings (SSSR count). The summed E-state index contributed by atoms with van der Waals surface area (Å²) in [4.78, 5) is 0. The predicted octanol–water partition coefficient (Wildman–Crippen LogP) is 4.60. The summed E-state index contributed by atoms with van der Waals surface area (Å²) in [6.07, 6.45) is 11.3. The first-order valence-electron chi connectivity index (χ1n) is 8.33. The molecule has 4 atom stereocenters. The van der Waals surface area contributed by atoms with Crippen LogP contribution in [0.2, 0.25) is 0 Å². The van der Waals surface area contributed by atoms with E-state index in [0.29, 0.717) is 23.7 Å². The number of benzene rings is 1. The molecule has 0 aromatic heterocycles. The molecule has 0 heterocycles. The van der Waals surface area contributed by atoms with E-state index < -0.39 is 0 Å². The summed E-state index contributed by atoms with van der Waals surface area (Å²) in [6, 6.07) is 0. The summed E-state index contributed by atoms with van der Waals surface area (Å²) in [5, 5.41) is 0. The molecule has 5 aliphatic rings. The highest BCUT2D eigenvalue weighted by molar-refractivity contribution is 5.69. The Morgan fingerprint density at radius 1 is 0.714 bits per heavy atom. The average molecular weight is 282 g/mol. The van der Waals surface area contributed by atoms with Gasteiger partial charge in [0.25, 0.3) is 0 Å². The van der Waals surface area contributed by atoms with E-state index in [2.05, 4.69) is 12.2 Å². The van der Waals surface area contributed by atoms with Gasteiger partial charge in [-0.25, -0.2) is 0 Å². The van der Waals surface area contributed by atoms with Crippen molar-refractivity contribution >= 4 is 0 Å². The van der Waals surface area contributed by atoms with E-state index in [-0.39, 0.29) is 0 Å². The number of fused-ring (bicyclic) bond motifs is 6. The van der Waals surface area contributed by atoms with Crippen molar-refractivity contribution in [3.8, 4) is 11.5 Å². The molecule has 21 heavy (non-hydrogen) atoms. The summed E-state index contributed by atoms with van der Waals surface area (Å²) in [5.74, 6) is 4.93. The third-order valence-corrected chi connectivity index (χ3v) is 6.32. The zero-order valence-electron chi connectivity index (χ0n) is 12.8. The molecular formula is C19H22O2. The Hall–Kier alpha value is -1.44. The van der Waals surface area contributed by atoms with Crippen molar-refractivity contribution in [2.45, 2.75) is 55.8 Å². The van der Waals surface area contributed by atoms with Crippen LogP contribution in [0, 0.1) is 0 Å². The summed E-state index contributed by atoms with van der Waals surface area (Å²) < 4.78 is 11.9. The number of allylic oxidation sites excluding steroid dienone is 2. The second-order valence-electron chi connectivity index (χ2n) is 7.10. The Morgan fingerprint density at radius 3 is 1.57 bits per heavy atom. The van der Waals surface area contributed by atoms with Crippen LogP contribution < -0.4 is 9.47 Å². The number of rotatable bonds is 2. The minimum Gasteiger partial charge on any atom is -0.496 e. The van der Waals surface area contributed by atoms with Gasteiger partial charge < -0.3 is 9.47 Å². The van der Waals surface area contributed by atoms with Crippen molar-refractivity contribution < 1.29 is 9.47 Å². The molecule has 0 aliphatic heterocycles. The first-order valence-corrected chi connectivity index (χ1v) is 8.33. The fraction of sp³-hybridized carbons (Fsp3) is 0.579. The van der Waals surface area contributed by atoms with Gasteiger partial charge in [0.1, 0.15) is 11.5 Å². The van der Waals surface area contributed by atoms with Crippen LogP contribution in [-0.2, 0) is 0 Å². The Morgan fingerprint density at radius 2 is 1.19 bits per heavy atom. The molecule has 1 fully saturated rings. The molecule has 1 aromatic rings. The maximum atomic E-state index is 5.97. The first kappa shape index (κ1) is 12.1. The van der Waals surface area contributed by atoms with E-state index in [1.807, 2.05) is 14.2 Å². The van der Waals surface area contributed by atoms with Gasteiger partial charge in [-0.2, -0.15) is 0 Å². The van der Waals surface area contributed by atoms with E-state index in [0.717, 1.165) is 0 Å². The van der Waals surface area contributed by atoms with Crippen molar-refractivity contribution in [1.82, 2.24) is 0 Å². The van der Waals surface area contributed by atoms with Gasteiger partial charge in [-0.3, -0.25) is 0 Å². The molecule has 0 radical (unpaired) electrons. The smallest absolute Gasteiger partial charge is 0.126 e. The van der Waals surface area contributed by atoms with Crippen molar-refractivity contribution in [3.63, 3.8) is 0 Å². The van der Waals surface area contributed by atoms with E-state index in [1.165, 1.54) is 65.9 Å². The van der Waals surface area contributed by atoms with Gasteiger partial charge in [0.15, 0.2) is 0 Å². The molecule has 5 aliphatic carbocycles. The number of hydrogen-bond acceptors (Lipinski definition) is 2. The number of methoxy groups -OCH3 is 2. The minimum atomic E-state index is 0.540. The third-order valence-electron chi connectivity index (χ3n) is 6.32. The van der Waals surface area contributed by atoms with Crippen molar-refractivity contribution in [1.29, 1.82) is 0 Å². The van der Waals surface area contributed by atoms with Crippen LogP contribution in [0.4, 0.5) is 0 Å². The third kappa shape index (κ3) is 1.34. The molecule has 1 aromatic carbocycles. The van der Waals surface area contributed by atoms with Crippen LogP contribution in [-0.4, -0.2) is 14.2 Å².